The van der Waals surface area contributed by atoms with Gasteiger partial charge in [0.15, 0.2) is 0 Å². The van der Waals surface area contributed by atoms with E-state index in [9.17, 15) is 9.59 Å². The summed E-state index contributed by atoms with van der Waals surface area (Å²) in [5.41, 5.74) is 6.32. The van der Waals surface area contributed by atoms with Gasteiger partial charge in [-0.05, 0) is 54.6 Å². The Morgan fingerprint density at radius 2 is 2.15 bits per heavy atom. The van der Waals surface area contributed by atoms with Crippen molar-refractivity contribution in [2.24, 2.45) is 5.73 Å². The molecule has 1 amide bonds. The van der Waals surface area contributed by atoms with E-state index in [-0.39, 0.29) is 11.7 Å². The molecule has 0 aliphatic heterocycles. The number of thioether (sulfide) groups is 1. The van der Waals surface area contributed by atoms with Gasteiger partial charge >= 0.3 is 5.97 Å². The van der Waals surface area contributed by atoms with Gasteiger partial charge in [0.2, 0.25) is 5.91 Å². The van der Waals surface area contributed by atoms with Crippen molar-refractivity contribution in [1.29, 1.82) is 0 Å². The monoisotopic (exact) mass is 408 g/mol. The number of amides is 1. The van der Waals surface area contributed by atoms with Crippen LogP contribution in [0.25, 0.3) is 0 Å². The number of anilines is 1. The predicted molar refractivity (Wildman–Crippen MR) is 89.9 cm³/mol. The highest BCUT2D eigenvalue weighted by molar-refractivity contribution is 14.1. The third kappa shape index (κ3) is 5.29. The van der Waals surface area contributed by atoms with Gasteiger partial charge in [-0.25, -0.2) is 0 Å². The molecule has 0 bridgehead atoms. The van der Waals surface area contributed by atoms with Crippen molar-refractivity contribution in [3.8, 4) is 0 Å². The van der Waals surface area contributed by atoms with E-state index in [4.69, 9.17) is 10.8 Å². The second kappa shape index (κ2) is 7.28. The standard InChI is InChI=1S/C13H17IN2O3S/c1-13(2,11(15)12(18)19)20-7-10(17)16-9-5-3-4-8(14)6-9/h3-6,11H,7,15H2,1-2H3,(H,16,17)(H,18,19)/t11-/m0/s1. The van der Waals surface area contributed by atoms with E-state index in [2.05, 4.69) is 27.9 Å². The van der Waals surface area contributed by atoms with Crippen molar-refractivity contribution < 1.29 is 14.7 Å². The van der Waals surface area contributed by atoms with Crippen LogP contribution >= 0.6 is 34.4 Å². The van der Waals surface area contributed by atoms with Gasteiger partial charge in [-0.15, -0.1) is 11.8 Å². The van der Waals surface area contributed by atoms with E-state index in [1.807, 2.05) is 18.2 Å². The molecule has 20 heavy (non-hydrogen) atoms. The summed E-state index contributed by atoms with van der Waals surface area (Å²) in [6.07, 6.45) is 0. The molecule has 5 nitrogen and oxygen atoms in total. The molecule has 0 radical (unpaired) electrons. The van der Waals surface area contributed by atoms with E-state index in [0.717, 1.165) is 9.26 Å². The van der Waals surface area contributed by atoms with Gasteiger partial charge in [0, 0.05) is 14.0 Å². The molecular weight excluding hydrogens is 391 g/mol. The van der Waals surface area contributed by atoms with Crippen LogP contribution in [0, 0.1) is 3.57 Å². The number of carboxylic acids is 1. The molecule has 1 aromatic rings. The minimum absolute atomic E-state index is 0.152. The SMILES string of the molecule is CC(C)(SCC(=O)Nc1cccc(I)c1)[C@@H](N)C(=O)O. The fraction of sp³-hybridized carbons (Fsp3) is 0.385. The minimum atomic E-state index is -1.07. The Morgan fingerprint density at radius 1 is 1.50 bits per heavy atom. The van der Waals surface area contributed by atoms with Gasteiger partial charge in [-0.1, -0.05) is 6.07 Å². The quantitative estimate of drug-likeness (QED) is 0.628. The first-order valence-electron chi connectivity index (χ1n) is 5.90. The summed E-state index contributed by atoms with van der Waals surface area (Å²) < 4.78 is 0.315. The topological polar surface area (TPSA) is 92.4 Å². The Kier molecular flexibility index (Phi) is 6.28. The molecule has 1 aromatic carbocycles. The molecule has 0 saturated heterocycles. The zero-order chi connectivity index (χ0) is 15.3. The molecule has 110 valence electrons. The fourth-order valence-corrected chi connectivity index (χ4v) is 2.80. The lowest BCUT2D eigenvalue weighted by atomic mass is 10.1. The Morgan fingerprint density at radius 3 is 2.70 bits per heavy atom. The third-order valence-corrected chi connectivity index (χ3v) is 4.77. The van der Waals surface area contributed by atoms with Crippen LogP contribution in [0.1, 0.15) is 13.8 Å². The summed E-state index contributed by atoms with van der Waals surface area (Å²) in [6, 6.07) is 6.43. The minimum Gasteiger partial charge on any atom is -0.480 e. The molecular formula is C13H17IN2O3S. The molecule has 0 spiro atoms. The van der Waals surface area contributed by atoms with E-state index >= 15 is 0 Å². The lowest BCUT2D eigenvalue weighted by molar-refractivity contribution is -0.139. The van der Waals surface area contributed by atoms with E-state index in [1.165, 1.54) is 11.8 Å². The number of aliphatic carboxylic acids is 1. The van der Waals surface area contributed by atoms with Crippen molar-refractivity contribution in [3.63, 3.8) is 0 Å². The number of carbonyl (C=O) groups excluding carboxylic acids is 1. The van der Waals surface area contributed by atoms with Crippen LogP contribution in [-0.2, 0) is 9.59 Å². The van der Waals surface area contributed by atoms with Crippen LogP contribution in [0.5, 0.6) is 0 Å². The summed E-state index contributed by atoms with van der Waals surface area (Å²) in [6.45, 7) is 3.43. The average Bonchev–Trinajstić information content (AvgIpc) is 2.35. The number of hydrogen-bond acceptors (Lipinski definition) is 4. The van der Waals surface area contributed by atoms with Gasteiger partial charge in [-0.2, -0.15) is 0 Å². The van der Waals surface area contributed by atoms with Crippen molar-refractivity contribution in [1.82, 2.24) is 0 Å². The lowest BCUT2D eigenvalue weighted by Crippen LogP contribution is -2.47. The van der Waals surface area contributed by atoms with Gasteiger partial charge < -0.3 is 16.2 Å². The molecule has 1 rings (SSSR count). The second-order valence-corrected chi connectivity index (χ2v) is 7.64. The number of nitrogens with one attached hydrogen (secondary N) is 1. The molecule has 0 aliphatic carbocycles. The highest BCUT2D eigenvalue weighted by Crippen LogP contribution is 2.27. The molecule has 1 atom stereocenters. The highest BCUT2D eigenvalue weighted by atomic mass is 127. The number of carboxylic acid groups (broad SMARTS) is 1. The number of hydrogen-bond donors (Lipinski definition) is 3. The molecule has 0 saturated carbocycles. The first-order valence-corrected chi connectivity index (χ1v) is 7.96. The van der Waals surface area contributed by atoms with E-state index < -0.39 is 16.8 Å². The van der Waals surface area contributed by atoms with Crippen molar-refractivity contribution in [2.75, 3.05) is 11.1 Å². The Bertz CT molecular complexity index is 508. The van der Waals surface area contributed by atoms with Crippen LogP contribution < -0.4 is 11.1 Å². The first-order chi connectivity index (χ1) is 9.22. The molecule has 0 heterocycles. The summed E-state index contributed by atoms with van der Waals surface area (Å²) in [5, 5.41) is 11.7. The smallest absolute Gasteiger partial charge is 0.321 e. The normalized spacial score (nSPS) is 12.8. The third-order valence-electron chi connectivity index (χ3n) is 2.70. The molecule has 7 heteroatoms. The maximum absolute atomic E-state index is 11.8. The maximum Gasteiger partial charge on any atom is 0.321 e. The average molecular weight is 408 g/mol. The number of rotatable bonds is 6. The molecule has 0 fully saturated rings. The van der Waals surface area contributed by atoms with E-state index in [0.29, 0.717) is 0 Å². The van der Waals surface area contributed by atoms with Crippen LogP contribution in [0.15, 0.2) is 24.3 Å². The van der Waals surface area contributed by atoms with Crippen LogP contribution in [0.4, 0.5) is 5.69 Å². The number of benzene rings is 1. The molecule has 0 aliphatic rings. The summed E-state index contributed by atoms with van der Waals surface area (Å²) in [7, 11) is 0. The van der Waals surface area contributed by atoms with Crippen molar-refractivity contribution >= 4 is 51.9 Å². The van der Waals surface area contributed by atoms with Crippen molar-refractivity contribution in [2.45, 2.75) is 24.6 Å². The molecule has 4 N–H and O–H groups in total. The van der Waals surface area contributed by atoms with Gasteiger partial charge in [0.1, 0.15) is 6.04 Å². The summed E-state index contributed by atoms with van der Waals surface area (Å²) >= 11 is 3.39. The molecule has 0 aromatic heterocycles. The van der Waals surface area contributed by atoms with Crippen LogP contribution in [0.2, 0.25) is 0 Å². The Labute approximate surface area is 135 Å². The summed E-state index contributed by atoms with van der Waals surface area (Å²) in [4.78, 5) is 22.7. The first kappa shape index (κ1) is 17.3. The zero-order valence-corrected chi connectivity index (χ0v) is 14.2. The van der Waals surface area contributed by atoms with E-state index in [1.54, 1.807) is 19.9 Å². The van der Waals surface area contributed by atoms with Crippen LogP contribution in [-0.4, -0.2) is 33.5 Å². The fourth-order valence-electron chi connectivity index (χ4n) is 1.40. The second-order valence-electron chi connectivity index (χ2n) is 4.77. The number of halogens is 1. The predicted octanol–water partition coefficient (Wildman–Crippen LogP) is 2.15. The maximum atomic E-state index is 11.8. The van der Waals surface area contributed by atoms with Gasteiger partial charge in [0.25, 0.3) is 0 Å². The largest absolute Gasteiger partial charge is 0.480 e. The van der Waals surface area contributed by atoms with Crippen molar-refractivity contribution in [3.05, 3.63) is 27.8 Å². The van der Waals surface area contributed by atoms with Crippen LogP contribution in [0.3, 0.4) is 0 Å². The van der Waals surface area contributed by atoms with Gasteiger partial charge in [0.05, 0.1) is 5.75 Å². The number of carbonyl (C=O) groups is 2. The summed E-state index contributed by atoms with van der Waals surface area (Å²) in [5.74, 6) is -1.09. The number of nitrogens with two attached hydrogens (primary N) is 1. The highest BCUT2D eigenvalue weighted by Gasteiger charge is 2.33. The Hall–Kier alpha value is -0.800. The van der Waals surface area contributed by atoms with Gasteiger partial charge in [-0.3, -0.25) is 9.59 Å². The molecule has 0 unspecified atom stereocenters. The Balaban J connectivity index is 2.53. The lowest BCUT2D eigenvalue weighted by Gasteiger charge is -2.27. The zero-order valence-electron chi connectivity index (χ0n) is 11.2.